The van der Waals surface area contributed by atoms with E-state index >= 15 is 0 Å². The van der Waals surface area contributed by atoms with Crippen molar-refractivity contribution in [3.63, 3.8) is 0 Å². The minimum absolute atomic E-state index is 0.186. The van der Waals surface area contributed by atoms with Gasteiger partial charge in [0.2, 0.25) is 5.82 Å². The average Bonchev–Trinajstić information content (AvgIpc) is 2.02. The molecule has 14 heavy (non-hydrogen) atoms. The highest BCUT2D eigenvalue weighted by Crippen LogP contribution is 2.16. The summed E-state index contributed by atoms with van der Waals surface area (Å²) in [6.07, 6.45) is 1.11. The monoisotopic (exact) mass is 198 g/mol. The van der Waals surface area contributed by atoms with E-state index in [1.165, 1.54) is 0 Å². The third-order valence-corrected chi connectivity index (χ3v) is 1.71. The van der Waals surface area contributed by atoms with E-state index in [-0.39, 0.29) is 17.5 Å². The molecule has 0 fully saturated rings. The van der Waals surface area contributed by atoms with Gasteiger partial charge in [0.1, 0.15) is 0 Å². The number of nitrogens with zero attached hydrogens (tertiary/aromatic N) is 3. The van der Waals surface area contributed by atoms with Crippen LogP contribution in [0.4, 0.5) is 11.5 Å². The van der Waals surface area contributed by atoms with Crippen molar-refractivity contribution in [3.05, 3.63) is 26.8 Å². The summed E-state index contributed by atoms with van der Waals surface area (Å²) in [4.78, 5) is 24.4. The van der Waals surface area contributed by atoms with Crippen LogP contribution in [0.2, 0.25) is 0 Å². The third kappa shape index (κ3) is 1.70. The molecule has 0 aromatic carbocycles. The maximum absolute atomic E-state index is 11.2. The molecule has 0 unspecified atom stereocenters. The lowest BCUT2D eigenvalue weighted by Gasteiger charge is -2.08. The zero-order chi connectivity index (χ0) is 10.9. The molecule has 0 bridgehead atoms. The Balaban J connectivity index is 3.42. The van der Waals surface area contributed by atoms with Crippen LogP contribution in [0, 0.1) is 10.1 Å². The molecule has 2 N–H and O–H groups in total. The number of nitrogen functional groups attached to an aromatic ring is 1. The van der Waals surface area contributed by atoms with Crippen LogP contribution < -0.4 is 11.4 Å². The fourth-order valence-corrected chi connectivity index (χ4v) is 0.982. The van der Waals surface area contributed by atoms with Crippen molar-refractivity contribution < 1.29 is 4.92 Å². The summed E-state index contributed by atoms with van der Waals surface area (Å²) in [6.45, 7) is 3.45. The summed E-state index contributed by atoms with van der Waals surface area (Å²) in [6, 6.07) is -0.186. The van der Waals surface area contributed by atoms with Gasteiger partial charge in [-0.3, -0.25) is 14.7 Å². The molecule has 1 rings (SSSR count). The van der Waals surface area contributed by atoms with Gasteiger partial charge in [0.05, 0.1) is 11.1 Å². The summed E-state index contributed by atoms with van der Waals surface area (Å²) < 4.78 is 1.16. The average molecular weight is 198 g/mol. The number of rotatable bonds is 2. The van der Waals surface area contributed by atoms with E-state index in [2.05, 4.69) is 4.98 Å². The van der Waals surface area contributed by atoms with Crippen LogP contribution in [0.1, 0.15) is 19.9 Å². The molecule has 0 aliphatic heterocycles. The highest BCUT2D eigenvalue weighted by atomic mass is 16.6. The minimum atomic E-state index is -0.666. The van der Waals surface area contributed by atoms with Gasteiger partial charge in [0, 0.05) is 6.04 Å². The fourth-order valence-electron chi connectivity index (χ4n) is 0.982. The van der Waals surface area contributed by atoms with E-state index in [0.717, 1.165) is 10.8 Å². The molecule has 0 aliphatic rings. The first kappa shape index (κ1) is 10.2. The first-order chi connectivity index (χ1) is 6.43. The SMILES string of the molecule is CC(C)n1cc([N+](=O)[O-])c(N)nc1=O. The van der Waals surface area contributed by atoms with E-state index in [1.807, 2.05) is 0 Å². The Bertz CT molecular complexity index is 423. The molecule has 0 atom stereocenters. The molecule has 0 amide bonds. The molecule has 7 nitrogen and oxygen atoms in total. The minimum Gasteiger partial charge on any atom is -0.378 e. The lowest BCUT2D eigenvalue weighted by Crippen LogP contribution is -2.25. The number of hydrogen-bond donors (Lipinski definition) is 1. The molecule has 7 heteroatoms. The largest absolute Gasteiger partial charge is 0.378 e. The molecule has 0 saturated carbocycles. The molecule has 1 heterocycles. The standard InChI is InChI=1S/C7H10N4O3/c1-4(2)10-3-5(11(13)14)6(8)9-7(10)12/h3-4H,1-2H3,(H2,8,9,12). The van der Waals surface area contributed by atoms with Gasteiger partial charge in [0.25, 0.3) is 0 Å². The highest BCUT2D eigenvalue weighted by Gasteiger charge is 2.16. The van der Waals surface area contributed by atoms with Gasteiger partial charge in [0.15, 0.2) is 0 Å². The zero-order valence-corrected chi connectivity index (χ0v) is 7.80. The normalized spacial score (nSPS) is 10.5. The molecular weight excluding hydrogens is 188 g/mol. The molecular formula is C7H10N4O3. The van der Waals surface area contributed by atoms with Crippen molar-refractivity contribution in [2.24, 2.45) is 0 Å². The Labute approximate surface area is 79.3 Å². The van der Waals surface area contributed by atoms with Crippen LogP contribution in [-0.2, 0) is 0 Å². The molecule has 0 aliphatic carbocycles. The van der Waals surface area contributed by atoms with Gasteiger partial charge in [-0.1, -0.05) is 0 Å². The van der Waals surface area contributed by atoms with Crippen LogP contribution >= 0.6 is 0 Å². The summed E-state index contributed by atoms with van der Waals surface area (Å²) in [7, 11) is 0. The molecule has 0 spiro atoms. The lowest BCUT2D eigenvalue weighted by atomic mass is 10.4. The predicted molar refractivity (Wildman–Crippen MR) is 49.9 cm³/mol. The van der Waals surface area contributed by atoms with E-state index in [0.29, 0.717) is 0 Å². The van der Waals surface area contributed by atoms with Gasteiger partial charge < -0.3 is 5.73 Å². The maximum Gasteiger partial charge on any atom is 0.350 e. The second-order valence-corrected chi connectivity index (χ2v) is 3.05. The first-order valence-electron chi connectivity index (χ1n) is 3.96. The van der Waals surface area contributed by atoms with E-state index in [4.69, 9.17) is 5.73 Å². The highest BCUT2D eigenvalue weighted by molar-refractivity contribution is 5.49. The molecule has 0 radical (unpaired) electrons. The number of anilines is 1. The van der Waals surface area contributed by atoms with Crippen LogP contribution in [-0.4, -0.2) is 14.5 Å². The summed E-state index contributed by atoms with van der Waals surface area (Å²) in [5.74, 6) is -0.350. The Kier molecular flexibility index (Phi) is 2.50. The topological polar surface area (TPSA) is 104 Å². The smallest absolute Gasteiger partial charge is 0.350 e. The molecule has 0 saturated heterocycles. The lowest BCUT2D eigenvalue weighted by molar-refractivity contribution is -0.384. The summed E-state index contributed by atoms with van der Waals surface area (Å²) >= 11 is 0. The number of aromatic nitrogens is 2. The Morgan fingerprint density at radius 2 is 2.21 bits per heavy atom. The van der Waals surface area contributed by atoms with Gasteiger partial charge in [-0.05, 0) is 13.8 Å². The quantitative estimate of drug-likeness (QED) is 0.544. The van der Waals surface area contributed by atoms with Crippen LogP contribution in [0.25, 0.3) is 0 Å². The van der Waals surface area contributed by atoms with Gasteiger partial charge in [-0.2, -0.15) is 4.98 Å². The van der Waals surface area contributed by atoms with Crippen LogP contribution in [0.5, 0.6) is 0 Å². The fraction of sp³-hybridized carbons (Fsp3) is 0.429. The van der Waals surface area contributed by atoms with Crippen molar-refractivity contribution in [2.45, 2.75) is 19.9 Å². The van der Waals surface area contributed by atoms with Crippen molar-refractivity contribution >= 4 is 11.5 Å². The van der Waals surface area contributed by atoms with Gasteiger partial charge in [-0.15, -0.1) is 0 Å². The van der Waals surface area contributed by atoms with E-state index in [1.54, 1.807) is 13.8 Å². The molecule has 1 aromatic heterocycles. The molecule has 1 aromatic rings. The van der Waals surface area contributed by atoms with Crippen molar-refractivity contribution in [2.75, 3.05) is 5.73 Å². The summed E-state index contributed by atoms with van der Waals surface area (Å²) in [5, 5.41) is 10.5. The Morgan fingerprint density at radius 3 is 2.64 bits per heavy atom. The van der Waals surface area contributed by atoms with Gasteiger partial charge in [-0.25, -0.2) is 4.79 Å². The van der Waals surface area contributed by atoms with Crippen molar-refractivity contribution in [1.29, 1.82) is 0 Å². The number of nitrogens with two attached hydrogens (primary N) is 1. The second-order valence-electron chi connectivity index (χ2n) is 3.05. The van der Waals surface area contributed by atoms with E-state index in [9.17, 15) is 14.9 Å². The van der Waals surface area contributed by atoms with Crippen LogP contribution in [0.3, 0.4) is 0 Å². The number of nitro groups is 1. The maximum atomic E-state index is 11.2. The molecule has 76 valence electrons. The first-order valence-corrected chi connectivity index (χ1v) is 3.96. The predicted octanol–water partition coefficient (Wildman–Crippen LogP) is 0.315. The second kappa shape index (κ2) is 3.44. The zero-order valence-electron chi connectivity index (χ0n) is 7.80. The third-order valence-electron chi connectivity index (χ3n) is 1.71. The van der Waals surface area contributed by atoms with Crippen molar-refractivity contribution in [1.82, 2.24) is 9.55 Å². The van der Waals surface area contributed by atoms with Gasteiger partial charge >= 0.3 is 11.4 Å². The summed E-state index contributed by atoms with van der Waals surface area (Å²) in [5.41, 5.74) is 4.30. The Hall–Kier alpha value is -1.92. The van der Waals surface area contributed by atoms with Crippen LogP contribution in [0.15, 0.2) is 11.0 Å². The van der Waals surface area contributed by atoms with Crippen molar-refractivity contribution in [3.8, 4) is 0 Å². The number of hydrogen-bond acceptors (Lipinski definition) is 5. The van der Waals surface area contributed by atoms with E-state index < -0.39 is 10.6 Å². The Morgan fingerprint density at radius 1 is 1.64 bits per heavy atom.